The minimum absolute atomic E-state index is 0.500. The molecule has 1 aliphatic heterocycles. The molecule has 1 nitrogen and oxygen atoms in total. The van der Waals surface area contributed by atoms with E-state index in [0.29, 0.717) is 7.18 Å². The lowest BCUT2D eigenvalue weighted by Crippen LogP contribution is -2.03. The number of rotatable bonds is 0. The van der Waals surface area contributed by atoms with Crippen LogP contribution in [0.4, 0.5) is 4.39 Å². The lowest BCUT2D eigenvalue weighted by atomic mass is 10.2. The number of alkyl halides is 1. The van der Waals surface area contributed by atoms with Crippen LogP contribution in [0, 0.1) is 0 Å². The maximum atomic E-state index is 9.50. The van der Waals surface area contributed by atoms with Crippen molar-refractivity contribution in [1.29, 1.82) is 0 Å². The van der Waals surface area contributed by atoms with Gasteiger partial charge in [0.2, 0.25) is 0 Å². The van der Waals surface area contributed by atoms with Crippen molar-refractivity contribution in [2.45, 2.75) is 19.3 Å². The Kier molecular flexibility index (Phi) is 6.80. The maximum absolute atomic E-state index is 9.50. The van der Waals surface area contributed by atoms with Gasteiger partial charge >= 0.3 is 0 Å². The Balaban J connectivity index is 0.000000222. The van der Waals surface area contributed by atoms with Crippen molar-refractivity contribution in [3.05, 3.63) is 0 Å². The molecule has 1 fully saturated rings. The van der Waals surface area contributed by atoms with E-state index in [1.807, 2.05) is 0 Å². The lowest BCUT2D eigenvalue weighted by molar-refractivity contribution is 0.0968. The molecule has 1 heterocycles. The van der Waals surface area contributed by atoms with Gasteiger partial charge in [-0.25, -0.2) is 0 Å². The molecule has 0 aromatic rings. The Morgan fingerprint density at radius 3 is 1.62 bits per heavy atom. The molecule has 0 aromatic heterocycles. The van der Waals surface area contributed by atoms with Crippen LogP contribution in [0.5, 0.6) is 0 Å². The molecule has 0 aromatic carbocycles. The van der Waals surface area contributed by atoms with Gasteiger partial charge in [-0.15, -0.1) is 0 Å². The Labute approximate surface area is 49.8 Å². The number of hydrogen-bond acceptors (Lipinski definition) is 1. The largest absolute Gasteiger partial charge is 0.381 e. The first-order chi connectivity index (χ1) is 4.00. The van der Waals surface area contributed by atoms with E-state index in [1.165, 1.54) is 19.3 Å². The average Bonchev–Trinajstić information content (AvgIpc) is 1.96. The molecular weight excluding hydrogens is 107 g/mol. The Hall–Kier alpha value is -0.110. The van der Waals surface area contributed by atoms with Crippen molar-refractivity contribution in [3.8, 4) is 0 Å². The summed E-state index contributed by atoms with van der Waals surface area (Å²) >= 11 is 0. The van der Waals surface area contributed by atoms with E-state index in [1.54, 1.807) is 0 Å². The number of ether oxygens (including phenoxy) is 1. The summed E-state index contributed by atoms with van der Waals surface area (Å²) in [5.74, 6) is 0. The van der Waals surface area contributed by atoms with Crippen LogP contribution in [0.2, 0.25) is 0 Å². The van der Waals surface area contributed by atoms with Crippen LogP contribution < -0.4 is 0 Å². The second kappa shape index (κ2) is 6.89. The van der Waals surface area contributed by atoms with Crippen LogP contribution in [0.15, 0.2) is 0 Å². The van der Waals surface area contributed by atoms with Gasteiger partial charge in [-0.05, 0) is 19.3 Å². The molecule has 0 atom stereocenters. The molecule has 0 bridgehead atoms. The van der Waals surface area contributed by atoms with Crippen molar-refractivity contribution in [1.82, 2.24) is 0 Å². The third kappa shape index (κ3) is 4.06. The van der Waals surface area contributed by atoms with Crippen molar-refractivity contribution >= 4 is 0 Å². The molecule has 1 aliphatic rings. The predicted molar refractivity (Wildman–Crippen MR) is 31.7 cm³/mol. The molecule has 50 valence electrons. The molecule has 0 aliphatic carbocycles. The fourth-order valence-electron chi connectivity index (χ4n) is 0.687. The summed E-state index contributed by atoms with van der Waals surface area (Å²) in [6, 6.07) is 0. The maximum Gasteiger partial charge on any atom is 0.0785 e. The van der Waals surface area contributed by atoms with E-state index in [0.717, 1.165) is 13.2 Å². The van der Waals surface area contributed by atoms with Gasteiger partial charge in [-0.1, -0.05) is 0 Å². The van der Waals surface area contributed by atoms with Gasteiger partial charge in [0.1, 0.15) is 0 Å². The summed E-state index contributed by atoms with van der Waals surface area (Å²) in [6.45, 7) is 2.00. The Bertz CT molecular complexity index is 24.0. The van der Waals surface area contributed by atoms with Crippen molar-refractivity contribution in [3.63, 3.8) is 0 Å². The van der Waals surface area contributed by atoms with Gasteiger partial charge in [0.25, 0.3) is 0 Å². The summed E-state index contributed by atoms with van der Waals surface area (Å²) in [5, 5.41) is 0. The van der Waals surface area contributed by atoms with E-state index in [9.17, 15) is 4.39 Å². The fourth-order valence-corrected chi connectivity index (χ4v) is 0.687. The van der Waals surface area contributed by atoms with E-state index >= 15 is 0 Å². The highest BCUT2D eigenvalue weighted by Crippen LogP contribution is 2.01. The fraction of sp³-hybridized carbons (Fsp3) is 1.00. The molecular formula is C6H13FO. The minimum Gasteiger partial charge on any atom is -0.381 e. The summed E-state index contributed by atoms with van der Waals surface area (Å²) in [6.07, 6.45) is 3.93. The van der Waals surface area contributed by atoms with Gasteiger partial charge in [0.05, 0.1) is 7.18 Å². The zero-order chi connectivity index (χ0) is 6.24. The summed E-state index contributed by atoms with van der Waals surface area (Å²) in [4.78, 5) is 0. The molecule has 1 rings (SSSR count). The second-order valence-corrected chi connectivity index (χ2v) is 1.67. The van der Waals surface area contributed by atoms with Gasteiger partial charge in [0.15, 0.2) is 0 Å². The second-order valence-electron chi connectivity index (χ2n) is 1.67. The SMILES string of the molecule is C1CCOCC1.CF. The number of halogens is 1. The first-order valence-electron chi connectivity index (χ1n) is 2.96. The molecule has 0 unspecified atom stereocenters. The third-order valence-electron chi connectivity index (χ3n) is 1.08. The molecule has 1 saturated heterocycles. The summed E-state index contributed by atoms with van der Waals surface area (Å²) in [5.41, 5.74) is 0. The van der Waals surface area contributed by atoms with Gasteiger partial charge in [-0.3, -0.25) is 4.39 Å². The summed E-state index contributed by atoms with van der Waals surface area (Å²) in [7, 11) is 0.500. The molecule has 0 N–H and O–H groups in total. The molecule has 0 saturated carbocycles. The van der Waals surface area contributed by atoms with Crippen molar-refractivity contribution in [2.24, 2.45) is 0 Å². The van der Waals surface area contributed by atoms with E-state index < -0.39 is 0 Å². The summed E-state index contributed by atoms with van der Waals surface area (Å²) < 4.78 is 14.6. The quantitative estimate of drug-likeness (QED) is 0.473. The smallest absolute Gasteiger partial charge is 0.0785 e. The normalized spacial score (nSPS) is 18.8. The van der Waals surface area contributed by atoms with E-state index in [4.69, 9.17) is 4.74 Å². The zero-order valence-electron chi connectivity index (χ0n) is 5.32. The Morgan fingerprint density at radius 2 is 1.50 bits per heavy atom. The van der Waals surface area contributed by atoms with Crippen molar-refractivity contribution in [2.75, 3.05) is 20.4 Å². The topological polar surface area (TPSA) is 9.23 Å². The molecule has 2 heteroatoms. The highest BCUT2D eigenvalue weighted by atomic mass is 19.1. The Morgan fingerprint density at radius 1 is 1.00 bits per heavy atom. The number of hydrogen-bond donors (Lipinski definition) is 0. The standard InChI is InChI=1S/C5H10O.CH3F/c1-2-4-6-5-3-1;1-2/h1-5H2;1H3. The predicted octanol–water partition coefficient (Wildman–Crippen LogP) is 1.77. The van der Waals surface area contributed by atoms with Crippen LogP contribution >= 0.6 is 0 Å². The molecule has 0 radical (unpaired) electrons. The van der Waals surface area contributed by atoms with Crippen LogP contribution in [0.25, 0.3) is 0 Å². The van der Waals surface area contributed by atoms with Crippen LogP contribution in [-0.2, 0) is 4.74 Å². The highest BCUT2D eigenvalue weighted by Gasteiger charge is 1.94. The highest BCUT2D eigenvalue weighted by molar-refractivity contribution is 4.45. The van der Waals surface area contributed by atoms with Crippen molar-refractivity contribution < 1.29 is 9.13 Å². The van der Waals surface area contributed by atoms with Gasteiger partial charge < -0.3 is 4.74 Å². The van der Waals surface area contributed by atoms with Gasteiger partial charge in [-0.2, -0.15) is 0 Å². The first-order valence-corrected chi connectivity index (χ1v) is 2.96. The average molecular weight is 120 g/mol. The third-order valence-corrected chi connectivity index (χ3v) is 1.08. The first kappa shape index (κ1) is 7.89. The minimum atomic E-state index is 0.500. The van der Waals surface area contributed by atoms with Crippen LogP contribution in [0.1, 0.15) is 19.3 Å². The molecule has 0 amide bonds. The monoisotopic (exact) mass is 120 g/mol. The molecule has 8 heavy (non-hydrogen) atoms. The van der Waals surface area contributed by atoms with E-state index in [2.05, 4.69) is 0 Å². The zero-order valence-corrected chi connectivity index (χ0v) is 5.32. The van der Waals surface area contributed by atoms with E-state index in [-0.39, 0.29) is 0 Å². The lowest BCUT2D eigenvalue weighted by Gasteiger charge is -2.08. The van der Waals surface area contributed by atoms with Gasteiger partial charge in [0, 0.05) is 13.2 Å². The molecule has 0 spiro atoms. The van der Waals surface area contributed by atoms with Crippen LogP contribution in [-0.4, -0.2) is 20.4 Å². The van der Waals surface area contributed by atoms with Crippen LogP contribution in [0.3, 0.4) is 0 Å².